The molecule has 0 saturated heterocycles. The second kappa shape index (κ2) is 3.62. The van der Waals surface area contributed by atoms with E-state index >= 15 is 0 Å². The highest BCUT2D eigenvalue weighted by Gasteiger charge is 2.08. The molecule has 0 spiro atoms. The number of nitrogens with one attached hydrogen (secondary N) is 1. The summed E-state index contributed by atoms with van der Waals surface area (Å²) >= 11 is 0. The minimum Gasteiger partial charge on any atom is -0.507 e. The van der Waals surface area contributed by atoms with Crippen LogP contribution in [0.5, 0.6) is 5.75 Å². The summed E-state index contributed by atoms with van der Waals surface area (Å²) in [5, 5.41) is 22.5. The monoisotopic (exact) mass is 205 g/mol. The van der Waals surface area contributed by atoms with Crippen molar-refractivity contribution >= 4 is 5.69 Å². The maximum atomic E-state index is 9.68. The third-order valence-corrected chi connectivity index (χ3v) is 2.22. The number of aromatic nitrogens is 2. The van der Waals surface area contributed by atoms with Crippen molar-refractivity contribution in [2.24, 2.45) is 7.05 Å². The van der Waals surface area contributed by atoms with Gasteiger partial charge in [0.2, 0.25) is 0 Å². The Hall–Kier alpha value is -2.01. The van der Waals surface area contributed by atoms with Crippen LogP contribution in [-0.4, -0.2) is 20.1 Å². The molecule has 0 atom stereocenters. The van der Waals surface area contributed by atoms with E-state index in [-0.39, 0.29) is 5.75 Å². The van der Waals surface area contributed by atoms with Crippen LogP contribution in [0.25, 0.3) is 11.3 Å². The Bertz CT molecular complexity index is 479. The van der Waals surface area contributed by atoms with Gasteiger partial charge in [0, 0.05) is 18.8 Å². The van der Waals surface area contributed by atoms with Crippen LogP contribution in [0.15, 0.2) is 30.5 Å². The third kappa shape index (κ3) is 1.64. The average Bonchev–Trinajstić information content (AvgIpc) is 2.65. The number of aromatic hydroxyl groups is 1. The molecular weight excluding hydrogens is 194 g/mol. The zero-order valence-electron chi connectivity index (χ0n) is 8.18. The van der Waals surface area contributed by atoms with Crippen LogP contribution in [-0.2, 0) is 7.05 Å². The second-order valence-electron chi connectivity index (χ2n) is 3.18. The lowest BCUT2D eigenvalue weighted by molar-refractivity contribution is 0.388. The van der Waals surface area contributed by atoms with Gasteiger partial charge in [-0.05, 0) is 24.3 Å². The minimum atomic E-state index is 0.151. The fourth-order valence-electron chi connectivity index (χ4n) is 1.45. The lowest BCUT2D eigenvalue weighted by atomic mass is 10.1. The highest BCUT2D eigenvalue weighted by Crippen LogP contribution is 2.30. The Labute approximate surface area is 86.6 Å². The van der Waals surface area contributed by atoms with E-state index in [2.05, 4.69) is 5.10 Å². The van der Waals surface area contributed by atoms with E-state index in [0.717, 1.165) is 5.69 Å². The van der Waals surface area contributed by atoms with E-state index in [4.69, 9.17) is 5.21 Å². The van der Waals surface area contributed by atoms with Gasteiger partial charge in [0.1, 0.15) is 5.75 Å². The van der Waals surface area contributed by atoms with Crippen molar-refractivity contribution in [2.75, 3.05) is 5.48 Å². The average molecular weight is 205 g/mol. The van der Waals surface area contributed by atoms with Crippen molar-refractivity contribution in [3.8, 4) is 17.0 Å². The zero-order valence-corrected chi connectivity index (χ0v) is 8.18. The van der Waals surface area contributed by atoms with Crippen molar-refractivity contribution in [3.63, 3.8) is 0 Å². The molecule has 0 aliphatic heterocycles. The largest absolute Gasteiger partial charge is 0.507 e. The lowest BCUT2D eigenvalue weighted by Gasteiger charge is -2.07. The van der Waals surface area contributed by atoms with Gasteiger partial charge in [0.05, 0.1) is 11.4 Å². The Morgan fingerprint density at radius 2 is 2.13 bits per heavy atom. The first kappa shape index (κ1) is 9.54. The van der Waals surface area contributed by atoms with Gasteiger partial charge in [0.15, 0.2) is 0 Å². The quantitative estimate of drug-likeness (QED) is 0.514. The Morgan fingerprint density at radius 3 is 2.73 bits per heavy atom. The maximum Gasteiger partial charge on any atom is 0.125 e. The van der Waals surface area contributed by atoms with Crippen LogP contribution in [0.2, 0.25) is 0 Å². The summed E-state index contributed by atoms with van der Waals surface area (Å²) in [6, 6.07) is 6.53. The Kier molecular flexibility index (Phi) is 2.31. The standard InChI is InChI=1S/C10H11N3O2/c1-13-9(4-5-11-13)8-6-7(12-15)2-3-10(8)14/h2-6,12,14-15H,1H3. The first-order valence-corrected chi connectivity index (χ1v) is 4.44. The van der Waals surface area contributed by atoms with Crippen LogP contribution >= 0.6 is 0 Å². The number of aryl methyl sites for hydroxylation is 1. The van der Waals surface area contributed by atoms with E-state index in [1.54, 1.807) is 36.1 Å². The van der Waals surface area contributed by atoms with Crippen LogP contribution in [0.1, 0.15) is 0 Å². The van der Waals surface area contributed by atoms with Gasteiger partial charge in [-0.15, -0.1) is 0 Å². The molecule has 0 fully saturated rings. The normalized spacial score (nSPS) is 10.3. The molecule has 0 unspecified atom stereocenters. The SMILES string of the molecule is Cn1nccc1-c1cc(NO)ccc1O. The summed E-state index contributed by atoms with van der Waals surface area (Å²) in [5.41, 5.74) is 3.95. The molecule has 15 heavy (non-hydrogen) atoms. The van der Waals surface area contributed by atoms with Crippen LogP contribution in [0, 0.1) is 0 Å². The molecule has 0 amide bonds. The topological polar surface area (TPSA) is 70.3 Å². The number of nitrogens with zero attached hydrogens (tertiary/aromatic N) is 2. The predicted molar refractivity (Wildman–Crippen MR) is 55.7 cm³/mol. The summed E-state index contributed by atoms with van der Waals surface area (Å²) < 4.78 is 1.65. The lowest BCUT2D eigenvalue weighted by Crippen LogP contribution is -1.95. The maximum absolute atomic E-state index is 9.68. The van der Waals surface area contributed by atoms with E-state index in [9.17, 15) is 5.11 Å². The van der Waals surface area contributed by atoms with Crippen molar-refractivity contribution < 1.29 is 10.3 Å². The smallest absolute Gasteiger partial charge is 0.125 e. The Balaban J connectivity index is 2.56. The molecular formula is C10H11N3O2. The molecule has 78 valence electrons. The first-order chi connectivity index (χ1) is 7.22. The summed E-state index contributed by atoms with van der Waals surface area (Å²) in [6.07, 6.45) is 1.65. The number of anilines is 1. The van der Waals surface area contributed by atoms with Crippen LogP contribution < -0.4 is 5.48 Å². The van der Waals surface area contributed by atoms with E-state index < -0.39 is 0 Å². The van der Waals surface area contributed by atoms with Gasteiger partial charge in [-0.1, -0.05) is 0 Å². The number of phenolic OH excluding ortho intramolecular Hbond substituents is 1. The number of benzene rings is 1. The molecule has 2 rings (SSSR count). The molecule has 3 N–H and O–H groups in total. The van der Waals surface area contributed by atoms with Gasteiger partial charge in [-0.2, -0.15) is 5.10 Å². The van der Waals surface area contributed by atoms with Crippen molar-refractivity contribution in [3.05, 3.63) is 30.5 Å². The predicted octanol–water partition coefficient (Wildman–Crippen LogP) is 1.59. The summed E-state index contributed by atoms with van der Waals surface area (Å²) in [4.78, 5) is 0. The van der Waals surface area contributed by atoms with E-state index in [1.807, 2.05) is 5.48 Å². The molecule has 5 nitrogen and oxygen atoms in total. The zero-order chi connectivity index (χ0) is 10.8. The van der Waals surface area contributed by atoms with Gasteiger partial charge < -0.3 is 5.11 Å². The molecule has 0 bridgehead atoms. The van der Waals surface area contributed by atoms with Crippen LogP contribution in [0.3, 0.4) is 0 Å². The molecule has 1 heterocycles. The van der Waals surface area contributed by atoms with Crippen molar-refractivity contribution in [2.45, 2.75) is 0 Å². The number of hydrogen-bond acceptors (Lipinski definition) is 4. The van der Waals surface area contributed by atoms with Crippen molar-refractivity contribution in [1.82, 2.24) is 9.78 Å². The highest BCUT2D eigenvalue weighted by atomic mass is 16.5. The summed E-state index contributed by atoms with van der Waals surface area (Å²) in [7, 11) is 1.79. The number of phenols is 1. The summed E-state index contributed by atoms with van der Waals surface area (Å²) in [6.45, 7) is 0. The first-order valence-electron chi connectivity index (χ1n) is 4.44. The number of rotatable bonds is 2. The molecule has 0 aliphatic carbocycles. The second-order valence-corrected chi connectivity index (χ2v) is 3.18. The molecule has 0 radical (unpaired) electrons. The highest BCUT2D eigenvalue weighted by molar-refractivity contribution is 5.71. The molecule has 1 aromatic carbocycles. The van der Waals surface area contributed by atoms with E-state index in [1.165, 1.54) is 6.07 Å². The molecule has 0 saturated carbocycles. The van der Waals surface area contributed by atoms with Gasteiger partial charge >= 0.3 is 0 Å². The van der Waals surface area contributed by atoms with Gasteiger partial charge in [-0.25, -0.2) is 0 Å². The number of hydrogen-bond donors (Lipinski definition) is 3. The van der Waals surface area contributed by atoms with Gasteiger partial charge in [0.25, 0.3) is 0 Å². The van der Waals surface area contributed by atoms with Crippen molar-refractivity contribution in [1.29, 1.82) is 0 Å². The van der Waals surface area contributed by atoms with Crippen LogP contribution in [0.4, 0.5) is 5.69 Å². The molecule has 0 aliphatic rings. The van der Waals surface area contributed by atoms with Gasteiger partial charge in [-0.3, -0.25) is 15.4 Å². The molecule has 1 aromatic heterocycles. The fraction of sp³-hybridized carbons (Fsp3) is 0.100. The third-order valence-electron chi connectivity index (χ3n) is 2.22. The summed E-state index contributed by atoms with van der Waals surface area (Å²) in [5.74, 6) is 0.151. The Morgan fingerprint density at radius 1 is 1.33 bits per heavy atom. The fourth-order valence-corrected chi connectivity index (χ4v) is 1.45. The van der Waals surface area contributed by atoms with E-state index in [0.29, 0.717) is 11.3 Å². The minimum absolute atomic E-state index is 0.151. The molecule has 2 aromatic rings. The molecule has 5 heteroatoms.